The molecule has 6 heteroatoms. The molecule has 0 aromatic carbocycles. The third kappa shape index (κ3) is 2.71. The van der Waals surface area contributed by atoms with E-state index in [4.69, 9.17) is 18.0 Å². The molecule has 0 saturated carbocycles. The number of unbranched alkanes of at least 4 members (excludes halogenated alkanes) is 1. The minimum atomic E-state index is -0.253. The van der Waals surface area contributed by atoms with Crippen molar-refractivity contribution in [2.24, 2.45) is 5.73 Å². The number of fused-ring (bicyclic) bond motifs is 1. The lowest BCUT2D eigenvalue weighted by Gasteiger charge is -2.03. The molecule has 0 aliphatic carbocycles. The maximum absolute atomic E-state index is 10.6. The Balaban J connectivity index is 2.10. The number of aryl methyl sites for hydroxylation is 1. The first-order valence-electron chi connectivity index (χ1n) is 5.49. The lowest BCUT2D eigenvalue weighted by molar-refractivity contribution is -0.118. The lowest BCUT2D eigenvalue weighted by atomic mass is 10.2. The van der Waals surface area contributed by atoms with Gasteiger partial charge in [-0.2, -0.15) is 0 Å². The number of nitrogens with zero attached hydrogens (tertiary/aromatic N) is 2. The lowest BCUT2D eigenvalue weighted by Crippen LogP contribution is -2.10. The predicted molar refractivity (Wildman–Crippen MR) is 68.0 cm³/mol. The summed E-state index contributed by atoms with van der Waals surface area (Å²) >= 11 is 5.24. The van der Waals surface area contributed by atoms with Gasteiger partial charge in [0.1, 0.15) is 0 Å². The summed E-state index contributed by atoms with van der Waals surface area (Å²) in [6, 6.07) is 1.93. The Morgan fingerprint density at radius 2 is 2.35 bits per heavy atom. The standard InChI is InChI=1S/C11H14N4OS/c12-10(16)3-1-2-6-15-9-4-5-13-7-8(9)14-11(15)17/h4-5,7H,1-3,6H2,(H2,12,16)(H,14,17). The first kappa shape index (κ1) is 11.8. The molecular formula is C11H14N4OS. The monoisotopic (exact) mass is 250 g/mol. The predicted octanol–water partition coefficient (Wildman–Crippen LogP) is 1.75. The first-order valence-corrected chi connectivity index (χ1v) is 5.90. The number of carbonyl (C=O) groups is 1. The van der Waals surface area contributed by atoms with Crippen LogP contribution in [0.5, 0.6) is 0 Å². The summed E-state index contributed by atoms with van der Waals surface area (Å²) in [4.78, 5) is 17.8. The summed E-state index contributed by atoms with van der Waals surface area (Å²) < 4.78 is 2.71. The Kier molecular flexibility index (Phi) is 3.53. The number of hydrogen-bond acceptors (Lipinski definition) is 3. The van der Waals surface area contributed by atoms with Crippen LogP contribution in [0.1, 0.15) is 19.3 Å². The minimum Gasteiger partial charge on any atom is -0.370 e. The van der Waals surface area contributed by atoms with Crippen molar-refractivity contribution >= 4 is 29.2 Å². The first-order chi connectivity index (χ1) is 8.18. The number of carbonyl (C=O) groups excluding carboxylic acids is 1. The maximum Gasteiger partial charge on any atom is 0.217 e. The number of rotatable bonds is 5. The van der Waals surface area contributed by atoms with Crippen molar-refractivity contribution in [2.75, 3.05) is 0 Å². The van der Waals surface area contributed by atoms with Gasteiger partial charge in [0, 0.05) is 19.2 Å². The van der Waals surface area contributed by atoms with Crippen molar-refractivity contribution < 1.29 is 4.79 Å². The van der Waals surface area contributed by atoms with Gasteiger partial charge in [0.15, 0.2) is 4.77 Å². The van der Waals surface area contributed by atoms with Crippen LogP contribution < -0.4 is 5.73 Å². The number of aromatic amines is 1. The molecular weight excluding hydrogens is 236 g/mol. The second-order valence-corrected chi connectivity index (χ2v) is 4.28. The topological polar surface area (TPSA) is 76.7 Å². The number of imidazole rings is 1. The maximum atomic E-state index is 10.6. The second-order valence-electron chi connectivity index (χ2n) is 3.90. The van der Waals surface area contributed by atoms with Crippen molar-refractivity contribution in [3.05, 3.63) is 23.2 Å². The van der Waals surface area contributed by atoms with E-state index in [1.165, 1.54) is 0 Å². The number of aromatic nitrogens is 3. The summed E-state index contributed by atoms with van der Waals surface area (Å²) in [5.74, 6) is -0.253. The molecule has 2 aromatic rings. The average molecular weight is 250 g/mol. The van der Waals surface area contributed by atoms with E-state index in [1.54, 1.807) is 12.4 Å². The van der Waals surface area contributed by atoms with Crippen LogP contribution in [0.25, 0.3) is 11.0 Å². The minimum absolute atomic E-state index is 0.253. The Labute approximate surface area is 104 Å². The summed E-state index contributed by atoms with van der Waals surface area (Å²) in [6.07, 6.45) is 5.59. The molecule has 0 unspecified atom stereocenters. The molecule has 0 bridgehead atoms. The molecule has 0 aliphatic heterocycles. The van der Waals surface area contributed by atoms with Crippen molar-refractivity contribution in [3.8, 4) is 0 Å². The fraction of sp³-hybridized carbons (Fsp3) is 0.364. The summed E-state index contributed by atoms with van der Waals surface area (Å²) in [5, 5.41) is 0. The highest BCUT2D eigenvalue weighted by molar-refractivity contribution is 7.71. The molecule has 0 radical (unpaired) electrons. The van der Waals surface area contributed by atoms with Gasteiger partial charge in [-0.1, -0.05) is 0 Å². The number of nitrogens with one attached hydrogen (secondary N) is 1. The van der Waals surface area contributed by atoms with Gasteiger partial charge in [-0.25, -0.2) is 0 Å². The van der Waals surface area contributed by atoms with E-state index < -0.39 is 0 Å². The van der Waals surface area contributed by atoms with Crippen LogP contribution >= 0.6 is 12.2 Å². The molecule has 17 heavy (non-hydrogen) atoms. The van der Waals surface area contributed by atoms with Gasteiger partial charge in [0.25, 0.3) is 0 Å². The Morgan fingerprint density at radius 3 is 3.12 bits per heavy atom. The smallest absolute Gasteiger partial charge is 0.217 e. The van der Waals surface area contributed by atoms with E-state index in [-0.39, 0.29) is 5.91 Å². The van der Waals surface area contributed by atoms with Gasteiger partial charge in [0.05, 0.1) is 17.2 Å². The van der Waals surface area contributed by atoms with E-state index in [1.807, 2.05) is 10.6 Å². The van der Waals surface area contributed by atoms with Crippen LogP contribution in [0.15, 0.2) is 18.5 Å². The summed E-state index contributed by atoms with van der Waals surface area (Å²) in [7, 11) is 0. The molecule has 90 valence electrons. The molecule has 1 amide bonds. The average Bonchev–Trinajstić information content (AvgIpc) is 2.60. The summed E-state index contributed by atoms with van der Waals surface area (Å²) in [5.41, 5.74) is 7.07. The van der Waals surface area contributed by atoms with E-state index in [0.717, 1.165) is 30.4 Å². The van der Waals surface area contributed by atoms with Crippen molar-refractivity contribution in [2.45, 2.75) is 25.8 Å². The number of nitrogens with two attached hydrogens (primary N) is 1. The molecule has 0 saturated heterocycles. The van der Waals surface area contributed by atoms with Crippen LogP contribution in [0, 0.1) is 4.77 Å². The van der Waals surface area contributed by atoms with E-state index in [0.29, 0.717) is 11.2 Å². The normalized spacial score (nSPS) is 10.8. The Morgan fingerprint density at radius 1 is 1.53 bits per heavy atom. The number of primary amides is 1. The Bertz CT molecular complexity index is 586. The second kappa shape index (κ2) is 5.09. The van der Waals surface area contributed by atoms with Gasteiger partial charge < -0.3 is 15.3 Å². The van der Waals surface area contributed by atoms with Crippen LogP contribution in [-0.4, -0.2) is 20.4 Å². The van der Waals surface area contributed by atoms with Gasteiger partial charge >= 0.3 is 0 Å². The largest absolute Gasteiger partial charge is 0.370 e. The molecule has 3 N–H and O–H groups in total. The molecule has 2 rings (SSSR count). The van der Waals surface area contributed by atoms with E-state index in [9.17, 15) is 4.79 Å². The quantitative estimate of drug-likeness (QED) is 0.627. The summed E-state index contributed by atoms with van der Waals surface area (Å²) in [6.45, 7) is 0.788. The van der Waals surface area contributed by atoms with E-state index >= 15 is 0 Å². The number of pyridine rings is 1. The fourth-order valence-corrected chi connectivity index (χ4v) is 2.10. The number of H-pyrrole nitrogens is 1. The molecule has 5 nitrogen and oxygen atoms in total. The molecule has 0 fully saturated rings. The van der Waals surface area contributed by atoms with Gasteiger partial charge in [-0.15, -0.1) is 0 Å². The zero-order valence-corrected chi connectivity index (χ0v) is 10.2. The SMILES string of the molecule is NC(=O)CCCCn1c(=S)[nH]c2cnccc21. The molecule has 2 aromatic heterocycles. The third-order valence-corrected chi connectivity index (χ3v) is 2.95. The highest BCUT2D eigenvalue weighted by Gasteiger charge is 2.03. The molecule has 2 heterocycles. The van der Waals surface area contributed by atoms with Crippen LogP contribution in [0.2, 0.25) is 0 Å². The van der Waals surface area contributed by atoms with Crippen molar-refractivity contribution in [1.82, 2.24) is 14.5 Å². The van der Waals surface area contributed by atoms with E-state index in [2.05, 4.69) is 9.97 Å². The molecule has 0 spiro atoms. The van der Waals surface area contributed by atoms with Gasteiger partial charge in [-0.3, -0.25) is 9.78 Å². The van der Waals surface area contributed by atoms with Gasteiger partial charge in [-0.05, 0) is 31.1 Å². The van der Waals surface area contributed by atoms with Crippen molar-refractivity contribution in [1.29, 1.82) is 0 Å². The molecule has 0 atom stereocenters. The van der Waals surface area contributed by atoms with Gasteiger partial charge in [0.2, 0.25) is 5.91 Å². The van der Waals surface area contributed by atoms with Crippen LogP contribution in [0.3, 0.4) is 0 Å². The highest BCUT2D eigenvalue weighted by atomic mass is 32.1. The zero-order chi connectivity index (χ0) is 12.3. The third-order valence-electron chi connectivity index (χ3n) is 2.63. The molecule has 0 aliphatic rings. The zero-order valence-electron chi connectivity index (χ0n) is 9.35. The Hall–Kier alpha value is -1.69. The number of amides is 1. The highest BCUT2D eigenvalue weighted by Crippen LogP contribution is 2.13. The number of hydrogen-bond donors (Lipinski definition) is 2. The van der Waals surface area contributed by atoms with Crippen LogP contribution in [0.4, 0.5) is 0 Å². The van der Waals surface area contributed by atoms with Crippen molar-refractivity contribution in [3.63, 3.8) is 0 Å². The fourth-order valence-electron chi connectivity index (χ4n) is 1.80. The van der Waals surface area contributed by atoms with Crippen LogP contribution in [-0.2, 0) is 11.3 Å².